The molecule has 2 aliphatic heterocycles. The number of carbonyl (C=O) groups is 1. The highest BCUT2D eigenvalue weighted by molar-refractivity contribution is 6.07. The molecule has 2 aromatic carbocycles. The number of hydrogen-bond donors (Lipinski definition) is 1. The van der Waals surface area contributed by atoms with Gasteiger partial charge in [-0.2, -0.15) is 5.10 Å². The van der Waals surface area contributed by atoms with Crippen molar-refractivity contribution in [2.45, 2.75) is 32.2 Å². The minimum atomic E-state index is -0.760. The highest BCUT2D eigenvalue weighted by Gasteiger charge is 2.38. The Morgan fingerprint density at radius 1 is 1.19 bits per heavy atom. The number of nitrogens with one attached hydrogen (secondary N) is 1. The first-order chi connectivity index (χ1) is 17.3. The highest BCUT2D eigenvalue weighted by Crippen LogP contribution is 2.33. The third-order valence-corrected chi connectivity index (χ3v) is 6.79. The van der Waals surface area contributed by atoms with Crippen molar-refractivity contribution in [3.05, 3.63) is 88.8 Å². The number of hydrazone groups is 1. The molecule has 2 atom stereocenters. The minimum absolute atomic E-state index is 0.0300. The third kappa shape index (κ3) is 3.97. The maximum absolute atomic E-state index is 15.0. The second kappa shape index (κ2) is 9.27. The first kappa shape index (κ1) is 23.8. The predicted octanol–water partition coefficient (Wildman–Crippen LogP) is 3.68. The standard InChI is InChI=1S/C26H27F2N7O/c1-15-18-7-5-6-8-19(18)22(30-29-15)12-17-9-10-21(28)20(11-17)26(36)34-14-24(33(3)4)35-23(13-27)31-32-25(35)16(34)2/h5-11,16,24,29H,1,12-14H2,2-4H3. The van der Waals surface area contributed by atoms with Crippen LogP contribution in [0.1, 0.15) is 57.8 Å². The van der Waals surface area contributed by atoms with Crippen LogP contribution < -0.4 is 5.43 Å². The fourth-order valence-electron chi connectivity index (χ4n) is 4.83. The average Bonchev–Trinajstić information content (AvgIpc) is 3.31. The van der Waals surface area contributed by atoms with Crippen molar-refractivity contribution in [2.24, 2.45) is 5.10 Å². The van der Waals surface area contributed by atoms with E-state index < -0.39 is 24.4 Å². The van der Waals surface area contributed by atoms with Gasteiger partial charge in [-0.1, -0.05) is 36.9 Å². The van der Waals surface area contributed by atoms with Gasteiger partial charge in [0.1, 0.15) is 18.7 Å². The van der Waals surface area contributed by atoms with E-state index in [1.807, 2.05) is 43.3 Å². The lowest BCUT2D eigenvalue weighted by atomic mass is 9.94. The molecule has 0 bridgehead atoms. The van der Waals surface area contributed by atoms with E-state index in [-0.39, 0.29) is 24.1 Å². The number of halogens is 2. The van der Waals surface area contributed by atoms with Gasteiger partial charge in [0.15, 0.2) is 11.6 Å². The van der Waals surface area contributed by atoms with Crippen LogP contribution in [0.15, 0.2) is 54.1 Å². The van der Waals surface area contributed by atoms with Crippen molar-refractivity contribution in [3.63, 3.8) is 0 Å². The van der Waals surface area contributed by atoms with Crippen LogP contribution in [0.3, 0.4) is 0 Å². The zero-order valence-electron chi connectivity index (χ0n) is 20.4. The molecule has 2 unspecified atom stereocenters. The molecule has 1 aromatic heterocycles. The molecule has 10 heteroatoms. The summed E-state index contributed by atoms with van der Waals surface area (Å²) in [6.45, 7) is 5.26. The van der Waals surface area contributed by atoms with E-state index in [4.69, 9.17) is 0 Å². The molecular formula is C26H27F2N7O. The molecule has 1 N–H and O–H groups in total. The van der Waals surface area contributed by atoms with Gasteiger partial charge in [0.25, 0.3) is 5.91 Å². The Labute approximate surface area is 207 Å². The van der Waals surface area contributed by atoms with Gasteiger partial charge >= 0.3 is 0 Å². The first-order valence-corrected chi connectivity index (χ1v) is 11.7. The molecule has 0 aliphatic carbocycles. The van der Waals surface area contributed by atoms with E-state index in [2.05, 4.69) is 27.3 Å². The largest absolute Gasteiger partial charge is 0.325 e. The molecular weight excluding hydrogens is 464 g/mol. The van der Waals surface area contributed by atoms with Crippen molar-refractivity contribution in [1.29, 1.82) is 0 Å². The molecule has 2 aliphatic rings. The van der Waals surface area contributed by atoms with E-state index in [0.717, 1.165) is 22.4 Å². The van der Waals surface area contributed by atoms with Crippen molar-refractivity contribution in [3.8, 4) is 0 Å². The number of amides is 1. The van der Waals surface area contributed by atoms with Gasteiger partial charge in [0.2, 0.25) is 0 Å². The summed E-state index contributed by atoms with van der Waals surface area (Å²) >= 11 is 0. The maximum atomic E-state index is 15.0. The number of hydrogen-bond acceptors (Lipinski definition) is 6. The van der Waals surface area contributed by atoms with Gasteiger partial charge in [-0.05, 0) is 38.7 Å². The van der Waals surface area contributed by atoms with Crippen LogP contribution in [-0.2, 0) is 13.1 Å². The van der Waals surface area contributed by atoms with Gasteiger partial charge < -0.3 is 4.90 Å². The summed E-state index contributed by atoms with van der Waals surface area (Å²) in [6, 6.07) is 11.8. The smallest absolute Gasteiger partial charge is 0.257 e. The average molecular weight is 492 g/mol. The van der Waals surface area contributed by atoms with Gasteiger partial charge in [0, 0.05) is 17.5 Å². The first-order valence-electron chi connectivity index (χ1n) is 11.7. The Morgan fingerprint density at radius 3 is 2.67 bits per heavy atom. The Balaban J connectivity index is 1.46. The number of likely N-dealkylation sites (N-methyl/N-ethyl adjacent to an activating group) is 1. The quantitative estimate of drug-likeness (QED) is 0.589. The van der Waals surface area contributed by atoms with Crippen LogP contribution in [0.5, 0.6) is 0 Å². The monoisotopic (exact) mass is 491 g/mol. The zero-order valence-corrected chi connectivity index (χ0v) is 20.4. The number of benzene rings is 2. The molecule has 0 saturated heterocycles. The third-order valence-electron chi connectivity index (χ3n) is 6.79. The normalized spacial score (nSPS) is 19.0. The molecule has 3 heterocycles. The summed E-state index contributed by atoms with van der Waals surface area (Å²) in [5.41, 5.74) is 7.04. The predicted molar refractivity (Wildman–Crippen MR) is 132 cm³/mol. The summed E-state index contributed by atoms with van der Waals surface area (Å²) in [5, 5.41) is 12.5. The second-order valence-electron chi connectivity index (χ2n) is 9.24. The summed E-state index contributed by atoms with van der Waals surface area (Å²) in [6.07, 6.45) is 0.0291. The number of rotatable bonds is 5. The second-order valence-corrected chi connectivity index (χ2v) is 9.24. The molecule has 8 nitrogen and oxygen atoms in total. The van der Waals surface area contributed by atoms with Crippen LogP contribution >= 0.6 is 0 Å². The summed E-state index contributed by atoms with van der Waals surface area (Å²) in [4.78, 5) is 17.1. The van der Waals surface area contributed by atoms with Crippen LogP contribution in [0.4, 0.5) is 8.78 Å². The van der Waals surface area contributed by atoms with Crippen molar-refractivity contribution >= 4 is 17.3 Å². The maximum Gasteiger partial charge on any atom is 0.257 e. The van der Waals surface area contributed by atoms with Crippen LogP contribution in [0, 0.1) is 5.82 Å². The summed E-state index contributed by atoms with van der Waals surface area (Å²) < 4.78 is 30.3. The zero-order chi connectivity index (χ0) is 25.6. The van der Waals surface area contributed by atoms with Crippen molar-refractivity contribution in [2.75, 3.05) is 20.6 Å². The number of nitrogens with zero attached hydrogens (tertiary/aromatic N) is 6. The fraction of sp³-hybridized carbons (Fsp3) is 0.308. The molecule has 0 saturated carbocycles. The summed E-state index contributed by atoms with van der Waals surface area (Å²) in [7, 11) is 3.67. The Bertz CT molecular complexity index is 1380. The number of carbonyl (C=O) groups excluding carboxylic acids is 1. The molecule has 0 spiro atoms. The van der Waals surface area contributed by atoms with Gasteiger partial charge in [-0.25, -0.2) is 8.78 Å². The number of fused-ring (bicyclic) bond motifs is 2. The van der Waals surface area contributed by atoms with Crippen molar-refractivity contribution < 1.29 is 13.6 Å². The highest BCUT2D eigenvalue weighted by atomic mass is 19.1. The van der Waals surface area contributed by atoms with Crippen LogP contribution in [0.25, 0.3) is 5.70 Å². The topological polar surface area (TPSA) is 78.7 Å². The molecule has 0 fully saturated rings. The van der Waals surface area contributed by atoms with E-state index in [0.29, 0.717) is 17.9 Å². The van der Waals surface area contributed by atoms with E-state index in [1.165, 1.54) is 6.07 Å². The molecule has 3 aromatic rings. The lowest BCUT2D eigenvalue weighted by Gasteiger charge is -2.41. The lowest BCUT2D eigenvalue weighted by Crippen LogP contribution is -2.48. The molecule has 0 radical (unpaired) electrons. The summed E-state index contributed by atoms with van der Waals surface area (Å²) in [5.74, 6) is -0.383. The van der Waals surface area contributed by atoms with Crippen molar-refractivity contribution in [1.82, 2.24) is 30.0 Å². The number of alkyl halides is 1. The lowest BCUT2D eigenvalue weighted by molar-refractivity contribution is 0.0421. The van der Waals surface area contributed by atoms with Gasteiger partial charge in [-0.3, -0.25) is 19.7 Å². The molecule has 5 rings (SSSR count). The number of aromatic nitrogens is 3. The van der Waals surface area contributed by atoms with Gasteiger partial charge in [-0.15, -0.1) is 10.2 Å². The Hall–Kier alpha value is -3.92. The SMILES string of the molecule is C=C1NN=C(Cc2ccc(F)c(C(=O)N3CC(N(C)C)n4c(CF)nnc4C3C)c2)c2ccccc21. The van der Waals surface area contributed by atoms with Crippen LogP contribution in [0.2, 0.25) is 0 Å². The van der Waals surface area contributed by atoms with Gasteiger partial charge in [0.05, 0.1) is 29.6 Å². The molecule has 1 amide bonds. The fourth-order valence-corrected chi connectivity index (χ4v) is 4.83. The van der Waals surface area contributed by atoms with E-state index >= 15 is 0 Å². The molecule has 186 valence electrons. The van der Waals surface area contributed by atoms with Crippen LogP contribution in [-0.4, -0.2) is 56.8 Å². The van der Waals surface area contributed by atoms with E-state index in [1.54, 1.807) is 28.5 Å². The minimum Gasteiger partial charge on any atom is -0.325 e. The molecule has 36 heavy (non-hydrogen) atoms. The Morgan fingerprint density at radius 2 is 1.94 bits per heavy atom. The Kier molecular flexibility index (Phi) is 6.13. The van der Waals surface area contributed by atoms with E-state index in [9.17, 15) is 13.6 Å².